The number of rotatable bonds is 3. The van der Waals surface area contributed by atoms with Crippen LogP contribution in [0.4, 0.5) is 4.79 Å². The first-order valence-corrected chi connectivity index (χ1v) is 12.6. The summed E-state index contributed by atoms with van der Waals surface area (Å²) in [4.78, 5) is 8.33. The number of carboxylic acid groups (broad SMARTS) is 2. The molecule has 9 heteroatoms. The van der Waals surface area contributed by atoms with Crippen LogP contribution in [0.5, 0.6) is 0 Å². The first-order valence-electron chi connectivity index (χ1n) is 7.25. The average molecular weight is 715 g/mol. The van der Waals surface area contributed by atoms with Gasteiger partial charge in [0.25, 0.3) is 0 Å². The second-order valence-electron chi connectivity index (χ2n) is 4.64. The van der Waals surface area contributed by atoms with Gasteiger partial charge in [-0.15, -0.1) is 0 Å². The smallest absolute Gasteiger partial charge is 0.0134 e. The summed E-state index contributed by atoms with van der Waals surface area (Å²) in [5, 5.41) is 20.9. The van der Waals surface area contributed by atoms with E-state index in [1.54, 1.807) is 0 Å². The topological polar surface area (TPSA) is 63.2 Å². The molecule has 0 fully saturated rings. The van der Waals surface area contributed by atoms with Crippen LogP contribution in [0.3, 0.4) is 0 Å². The van der Waals surface area contributed by atoms with E-state index in [9.17, 15) is 0 Å². The van der Waals surface area contributed by atoms with Gasteiger partial charge < -0.3 is 15.0 Å². The minimum atomic E-state index is -2.33. The van der Waals surface area contributed by atoms with Crippen molar-refractivity contribution in [2.75, 3.05) is 0 Å². The van der Waals surface area contributed by atoms with E-state index in [4.69, 9.17) is 34.1 Å². The van der Waals surface area contributed by atoms with Gasteiger partial charge in [0.05, 0.1) is 0 Å². The monoisotopic (exact) mass is 712 g/mol. The van der Waals surface area contributed by atoms with E-state index in [0.29, 0.717) is 0 Å². The Bertz CT molecular complexity index is 659. The minimum Gasteiger partial charge on any atom is -0.0622 e. The van der Waals surface area contributed by atoms with E-state index in [1.165, 1.54) is 15.9 Å². The third-order valence-corrected chi connectivity index (χ3v) is 5.49. The molecule has 0 unspecified atom stereocenters. The predicted octanol–water partition coefficient (Wildman–Crippen LogP) is 2.37. The zero-order valence-corrected chi connectivity index (χ0v) is 20.9. The van der Waals surface area contributed by atoms with Gasteiger partial charge in [0.15, 0.2) is 0 Å². The maximum Gasteiger partial charge on any atom is -0.0134 e. The van der Waals surface area contributed by atoms with Crippen LogP contribution in [-0.4, -0.2) is 6.16 Å². The second-order valence-corrected chi connectivity index (χ2v) is 9.22. The average Bonchev–Trinajstić information content (AvgIpc) is 2.65. The van der Waals surface area contributed by atoms with Crippen molar-refractivity contribution >= 4 is 49.0 Å². The molecule has 0 aliphatic rings. The molecule has 160 valence electrons. The maximum atomic E-state index is 8.33. The molecule has 3 rings (SSSR count). The number of carbonyl (C=O) groups is 1. The zero-order chi connectivity index (χ0) is 19.2. The van der Waals surface area contributed by atoms with Crippen molar-refractivity contribution in [3.63, 3.8) is 0 Å². The van der Waals surface area contributed by atoms with E-state index in [1.807, 2.05) is 0 Å². The molecular formula is C19H15Ag2Cl2O3PPd. The summed E-state index contributed by atoms with van der Waals surface area (Å²) in [6.07, 6.45) is -2.33. The molecule has 0 heterocycles. The van der Waals surface area contributed by atoms with Crippen molar-refractivity contribution < 1.29 is 75.7 Å². The van der Waals surface area contributed by atoms with Crippen LogP contribution >= 0.6 is 27.0 Å². The fourth-order valence-electron chi connectivity index (χ4n) is 2.18. The minimum absolute atomic E-state index is 0. The van der Waals surface area contributed by atoms with Crippen LogP contribution < -0.4 is 26.1 Å². The van der Waals surface area contributed by atoms with Gasteiger partial charge in [-0.05, 0) is 30.0 Å². The quantitative estimate of drug-likeness (QED) is 0.310. The van der Waals surface area contributed by atoms with Crippen LogP contribution in [0.2, 0.25) is 0 Å². The first kappa shape index (κ1) is 30.3. The molecule has 0 saturated heterocycles. The molecule has 0 aliphatic heterocycles. The van der Waals surface area contributed by atoms with Crippen molar-refractivity contribution in [1.29, 1.82) is 0 Å². The molecule has 28 heavy (non-hydrogen) atoms. The summed E-state index contributed by atoms with van der Waals surface area (Å²) < 4.78 is 0. The van der Waals surface area contributed by atoms with Crippen LogP contribution in [0, 0.1) is 0 Å². The Morgan fingerprint density at radius 2 is 0.821 bits per heavy atom. The van der Waals surface area contributed by atoms with Crippen molar-refractivity contribution in [1.82, 2.24) is 0 Å². The standard InChI is InChI=1S/C18H15P.CH2O3.2Ag.2ClH.Pd/c1-4-10-16(11-5-1)19(17-12-6-2-7-13-17)18-14-8-3-9-15-18;2-1(3)4;;;;;/h1-15H;(H2,2,3,4);;;2*1H;/q;;2*+1;;;+2/p-4. The maximum absolute atomic E-state index is 8.33. The molecule has 0 spiro atoms. The summed E-state index contributed by atoms with van der Waals surface area (Å²) in [5.74, 6) is 0. The van der Waals surface area contributed by atoms with E-state index < -0.39 is 14.1 Å². The van der Waals surface area contributed by atoms with Gasteiger partial charge in [-0.2, -0.15) is 0 Å². The summed E-state index contributed by atoms with van der Waals surface area (Å²) in [6.45, 7) is 0. The Balaban J connectivity index is 0. The van der Waals surface area contributed by atoms with Gasteiger partial charge in [0.2, 0.25) is 0 Å². The van der Waals surface area contributed by atoms with Crippen molar-refractivity contribution in [3.05, 3.63) is 91.0 Å². The molecule has 3 aromatic rings. The Kier molecular flexibility index (Phi) is 20.6. The Morgan fingerprint density at radius 3 is 1.00 bits per heavy atom. The summed E-state index contributed by atoms with van der Waals surface area (Å²) in [5.41, 5.74) is 0. The molecule has 0 atom stereocenters. The van der Waals surface area contributed by atoms with Crippen molar-refractivity contribution in [2.24, 2.45) is 0 Å². The Morgan fingerprint density at radius 1 is 0.643 bits per heavy atom. The van der Waals surface area contributed by atoms with Gasteiger partial charge in [-0.1, -0.05) is 91.0 Å². The van der Waals surface area contributed by atoms with E-state index >= 15 is 0 Å². The molecule has 0 N–H and O–H groups in total. The predicted molar refractivity (Wildman–Crippen MR) is 102 cm³/mol. The number of carbonyl (C=O) groups excluding carboxylic acids is 1. The molecule has 0 amide bonds. The van der Waals surface area contributed by atoms with Gasteiger partial charge in [0.1, 0.15) is 0 Å². The number of halogens is 2. The van der Waals surface area contributed by atoms with Crippen LogP contribution in [0.25, 0.3) is 0 Å². The normalized spacial score (nSPS) is 8.82. The fourth-order valence-corrected chi connectivity index (χ4v) is 4.48. The summed E-state index contributed by atoms with van der Waals surface area (Å²) in [7, 11) is 9.18. The molecule has 3 aromatic carbocycles. The number of hydrogen-bond acceptors (Lipinski definition) is 3. The third kappa shape index (κ3) is 12.6. The number of hydrogen-bond donors (Lipinski definition) is 0. The molecule has 0 aromatic heterocycles. The van der Waals surface area contributed by atoms with Crippen LogP contribution in [0.15, 0.2) is 91.0 Å². The third-order valence-electron chi connectivity index (χ3n) is 3.04. The molecule has 0 aliphatic carbocycles. The van der Waals surface area contributed by atoms with Crippen LogP contribution in [0.1, 0.15) is 0 Å². The van der Waals surface area contributed by atoms with Crippen molar-refractivity contribution in [2.45, 2.75) is 0 Å². The number of benzene rings is 3. The van der Waals surface area contributed by atoms with E-state index in [-0.39, 0.29) is 60.7 Å². The van der Waals surface area contributed by atoms with Gasteiger partial charge in [-0.3, -0.25) is 0 Å². The van der Waals surface area contributed by atoms with E-state index in [2.05, 4.69) is 91.0 Å². The van der Waals surface area contributed by atoms with Gasteiger partial charge in [-0.25, -0.2) is 0 Å². The van der Waals surface area contributed by atoms with E-state index in [0.717, 1.165) is 0 Å². The summed E-state index contributed by atoms with van der Waals surface area (Å²) in [6, 6.07) is 32.3. The molecule has 0 bridgehead atoms. The molecule has 0 radical (unpaired) electrons. The molecule has 3 nitrogen and oxygen atoms in total. The van der Waals surface area contributed by atoms with Gasteiger partial charge >= 0.3 is 79.8 Å². The SMILES string of the molecule is O=C([O-])[O-].[Ag+].[Ag+].[Cl][Pd][Cl].c1ccc(P(c2ccccc2)c2ccccc2)cc1. The fraction of sp³-hybridized carbons (Fsp3) is 0. The largest absolute Gasteiger partial charge is 0.0622 e. The van der Waals surface area contributed by atoms with Crippen molar-refractivity contribution in [3.8, 4) is 0 Å². The second kappa shape index (κ2) is 19.1. The molecule has 0 saturated carbocycles. The molecular weight excluding hydrogens is 700 g/mol. The summed E-state index contributed by atoms with van der Waals surface area (Å²) >= 11 is -0.106. The first-order chi connectivity index (χ1) is 12.6. The Hall–Kier alpha value is 0.0829. The van der Waals surface area contributed by atoms with Gasteiger partial charge in [0, 0.05) is 0 Å². The van der Waals surface area contributed by atoms with Crippen LogP contribution in [-0.2, 0) is 60.7 Å². The zero-order valence-electron chi connectivity index (χ0n) is 14.0. The Labute approximate surface area is 213 Å².